The summed E-state index contributed by atoms with van der Waals surface area (Å²) in [6.45, 7) is 4.04. The SMILES string of the molecule is CC(C)C(CCO)NC(=O)c1cc2ccccc2c(Cl)n1. The van der Waals surface area contributed by atoms with Crippen LogP contribution in [0.25, 0.3) is 10.8 Å². The van der Waals surface area contributed by atoms with Gasteiger partial charge >= 0.3 is 0 Å². The highest BCUT2D eigenvalue weighted by Crippen LogP contribution is 2.22. The number of amides is 1. The fraction of sp³-hybridized carbons (Fsp3) is 0.375. The van der Waals surface area contributed by atoms with Gasteiger partial charge in [-0.3, -0.25) is 4.79 Å². The second kappa shape index (κ2) is 6.87. The number of hydrogen-bond donors (Lipinski definition) is 2. The van der Waals surface area contributed by atoms with E-state index in [0.717, 1.165) is 10.8 Å². The van der Waals surface area contributed by atoms with Crippen LogP contribution in [0.5, 0.6) is 0 Å². The molecule has 4 nitrogen and oxygen atoms in total. The lowest BCUT2D eigenvalue weighted by atomic mass is 10.0. The number of aliphatic hydroxyl groups is 1. The van der Waals surface area contributed by atoms with Gasteiger partial charge in [-0.1, -0.05) is 49.7 Å². The topological polar surface area (TPSA) is 62.2 Å². The summed E-state index contributed by atoms with van der Waals surface area (Å²) in [6, 6.07) is 9.18. The predicted octanol–water partition coefficient (Wildman–Crippen LogP) is 3.03. The predicted molar refractivity (Wildman–Crippen MR) is 84.5 cm³/mol. The third kappa shape index (κ3) is 3.71. The summed E-state index contributed by atoms with van der Waals surface area (Å²) < 4.78 is 0. The lowest BCUT2D eigenvalue weighted by Gasteiger charge is -2.21. The number of benzene rings is 1. The molecule has 0 fully saturated rings. The van der Waals surface area contributed by atoms with E-state index >= 15 is 0 Å². The summed E-state index contributed by atoms with van der Waals surface area (Å²) in [5, 5.41) is 14.0. The zero-order valence-corrected chi connectivity index (χ0v) is 12.9. The van der Waals surface area contributed by atoms with Gasteiger partial charge < -0.3 is 10.4 Å². The molecule has 0 saturated heterocycles. The number of fused-ring (bicyclic) bond motifs is 1. The highest BCUT2D eigenvalue weighted by molar-refractivity contribution is 6.34. The van der Waals surface area contributed by atoms with Gasteiger partial charge in [0.25, 0.3) is 5.91 Å². The first kappa shape index (κ1) is 15.7. The van der Waals surface area contributed by atoms with Gasteiger partial charge in [0.05, 0.1) is 0 Å². The first-order valence-electron chi connectivity index (χ1n) is 7.00. The molecule has 0 aliphatic rings. The molecule has 0 aliphatic carbocycles. The van der Waals surface area contributed by atoms with Crippen molar-refractivity contribution in [2.24, 2.45) is 5.92 Å². The Morgan fingerprint density at radius 3 is 2.76 bits per heavy atom. The molecule has 21 heavy (non-hydrogen) atoms. The molecule has 112 valence electrons. The fourth-order valence-corrected chi connectivity index (χ4v) is 2.49. The van der Waals surface area contributed by atoms with Crippen LogP contribution in [0.2, 0.25) is 5.15 Å². The van der Waals surface area contributed by atoms with Crippen LogP contribution in [0.15, 0.2) is 30.3 Å². The molecule has 1 aromatic carbocycles. The van der Waals surface area contributed by atoms with Gasteiger partial charge in [-0.25, -0.2) is 4.98 Å². The summed E-state index contributed by atoms with van der Waals surface area (Å²) in [7, 11) is 0. The van der Waals surface area contributed by atoms with Crippen LogP contribution in [0.1, 0.15) is 30.8 Å². The van der Waals surface area contributed by atoms with Crippen LogP contribution in [0.3, 0.4) is 0 Å². The normalized spacial score (nSPS) is 12.6. The second-order valence-electron chi connectivity index (χ2n) is 5.36. The first-order valence-corrected chi connectivity index (χ1v) is 7.37. The molecule has 1 heterocycles. The molecule has 5 heteroatoms. The van der Waals surface area contributed by atoms with Gasteiger partial charge in [0.2, 0.25) is 0 Å². The van der Waals surface area contributed by atoms with Crippen molar-refractivity contribution in [2.45, 2.75) is 26.3 Å². The Bertz CT molecular complexity index is 643. The standard InChI is InChI=1S/C16H19ClN2O2/c1-10(2)13(7-8-20)19-16(21)14-9-11-5-3-4-6-12(11)15(17)18-14/h3-6,9-10,13,20H,7-8H2,1-2H3,(H,19,21). The number of carbonyl (C=O) groups excluding carboxylic acids is 1. The van der Waals surface area contributed by atoms with E-state index in [1.165, 1.54) is 0 Å². The summed E-state index contributed by atoms with van der Waals surface area (Å²) in [6.07, 6.45) is 0.519. The number of pyridine rings is 1. The Hall–Kier alpha value is -1.65. The van der Waals surface area contributed by atoms with Gasteiger partial charge in [-0.2, -0.15) is 0 Å². The number of nitrogens with one attached hydrogen (secondary N) is 1. The number of halogens is 1. The van der Waals surface area contributed by atoms with Gasteiger partial charge in [-0.05, 0) is 23.8 Å². The van der Waals surface area contributed by atoms with Crippen molar-refractivity contribution >= 4 is 28.3 Å². The Morgan fingerprint density at radius 2 is 2.10 bits per heavy atom. The van der Waals surface area contributed by atoms with E-state index in [-0.39, 0.29) is 24.5 Å². The Kier molecular flexibility index (Phi) is 5.15. The summed E-state index contributed by atoms with van der Waals surface area (Å²) >= 11 is 6.14. The molecule has 1 aromatic heterocycles. The highest BCUT2D eigenvalue weighted by atomic mass is 35.5. The summed E-state index contributed by atoms with van der Waals surface area (Å²) in [5.74, 6) is -0.0353. The van der Waals surface area contributed by atoms with Crippen molar-refractivity contribution in [3.63, 3.8) is 0 Å². The van der Waals surface area contributed by atoms with Crippen LogP contribution in [0, 0.1) is 5.92 Å². The zero-order chi connectivity index (χ0) is 15.4. The van der Waals surface area contributed by atoms with E-state index in [2.05, 4.69) is 10.3 Å². The molecule has 1 amide bonds. The van der Waals surface area contributed by atoms with E-state index in [0.29, 0.717) is 17.3 Å². The van der Waals surface area contributed by atoms with Crippen molar-refractivity contribution in [2.75, 3.05) is 6.61 Å². The van der Waals surface area contributed by atoms with Crippen molar-refractivity contribution in [3.05, 3.63) is 41.2 Å². The van der Waals surface area contributed by atoms with Gasteiger partial charge in [0.15, 0.2) is 0 Å². The van der Waals surface area contributed by atoms with E-state index in [9.17, 15) is 4.79 Å². The molecule has 0 bridgehead atoms. The maximum Gasteiger partial charge on any atom is 0.270 e. The summed E-state index contributed by atoms with van der Waals surface area (Å²) in [5.41, 5.74) is 0.294. The largest absolute Gasteiger partial charge is 0.396 e. The molecule has 2 aromatic rings. The maximum atomic E-state index is 12.3. The molecular weight excluding hydrogens is 288 g/mol. The molecule has 0 aliphatic heterocycles. The third-order valence-corrected chi connectivity index (χ3v) is 3.78. The van der Waals surface area contributed by atoms with Gasteiger partial charge in [-0.15, -0.1) is 0 Å². The van der Waals surface area contributed by atoms with Crippen molar-refractivity contribution in [1.29, 1.82) is 0 Å². The van der Waals surface area contributed by atoms with Gasteiger partial charge in [0, 0.05) is 18.0 Å². The Labute approximate surface area is 129 Å². The Balaban J connectivity index is 2.27. The minimum Gasteiger partial charge on any atom is -0.396 e. The molecule has 1 atom stereocenters. The van der Waals surface area contributed by atoms with Crippen LogP contribution in [0.4, 0.5) is 0 Å². The first-order chi connectivity index (χ1) is 10.0. The Morgan fingerprint density at radius 1 is 1.38 bits per heavy atom. The lowest BCUT2D eigenvalue weighted by molar-refractivity contribution is 0.0911. The minimum atomic E-state index is -0.269. The number of aliphatic hydroxyl groups excluding tert-OH is 1. The quantitative estimate of drug-likeness (QED) is 0.835. The smallest absolute Gasteiger partial charge is 0.270 e. The van der Waals surface area contributed by atoms with E-state index < -0.39 is 0 Å². The number of hydrogen-bond acceptors (Lipinski definition) is 3. The highest BCUT2D eigenvalue weighted by Gasteiger charge is 2.18. The third-order valence-electron chi connectivity index (χ3n) is 3.49. The number of nitrogens with zero attached hydrogens (tertiary/aromatic N) is 1. The lowest BCUT2D eigenvalue weighted by Crippen LogP contribution is -2.39. The van der Waals surface area contributed by atoms with E-state index in [4.69, 9.17) is 16.7 Å². The molecular formula is C16H19ClN2O2. The number of rotatable bonds is 5. The van der Waals surface area contributed by atoms with Gasteiger partial charge in [0.1, 0.15) is 10.8 Å². The van der Waals surface area contributed by atoms with Crippen LogP contribution >= 0.6 is 11.6 Å². The average molecular weight is 307 g/mol. The maximum absolute atomic E-state index is 12.3. The fourth-order valence-electron chi connectivity index (χ4n) is 2.23. The molecule has 0 spiro atoms. The number of carbonyl (C=O) groups is 1. The molecule has 1 unspecified atom stereocenters. The van der Waals surface area contributed by atoms with Crippen LogP contribution < -0.4 is 5.32 Å². The molecule has 2 N–H and O–H groups in total. The van der Waals surface area contributed by atoms with Crippen molar-refractivity contribution in [3.8, 4) is 0 Å². The van der Waals surface area contributed by atoms with E-state index in [1.54, 1.807) is 6.07 Å². The van der Waals surface area contributed by atoms with Crippen LogP contribution in [-0.2, 0) is 0 Å². The second-order valence-corrected chi connectivity index (χ2v) is 5.71. The molecule has 0 saturated carbocycles. The van der Waals surface area contributed by atoms with Crippen molar-refractivity contribution < 1.29 is 9.90 Å². The van der Waals surface area contributed by atoms with Crippen LogP contribution in [-0.4, -0.2) is 28.6 Å². The molecule has 0 radical (unpaired) electrons. The monoisotopic (exact) mass is 306 g/mol. The zero-order valence-electron chi connectivity index (χ0n) is 12.1. The average Bonchev–Trinajstić information content (AvgIpc) is 2.46. The minimum absolute atomic E-state index is 0.0367. The van der Waals surface area contributed by atoms with Crippen molar-refractivity contribution in [1.82, 2.24) is 10.3 Å². The molecule has 2 rings (SSSR count). The van der Waals surface area contributed by atoms with E-state index in [1.807, 2.05) is 38.1 Å². The number of aromatic nitrogens is 1. The summed E-state index contributed by atoms with van der Waals surface area (Å²) in [4.78, 5) is 16.5.